The fraction of sp³-hybridized carbons (Fsp3) is 0.308. The summed E-state index contributed by atoms with van der Waals surface area (Å²) in [5, 5.41) is 12.8. The van der Waals surface area contributed by atoms with Gasteiger partial charge in [-0.2, -0.15) is 10.2 Å². The van der Waals surface area contributed by atoms with Crippen LogP contribution in [0.4, 0.5) is 5.95 Å². The van der Waals surface area contributed by atoms with Crippen LogP contribution in [-0.2, 0) is 4.74 Å². The van der Waals surface area contributed by atoms with Crippen LogP contribution in [0.15, 0.2) is 34.9 Å². The number of hydrogen-bond donors (Lipinski definition) is 0. The quantitative estimate of drug-likeness (QED) is 0.809. The molecule has 0 spiro atoms. The molecule has 6 heteroatoms. The van der Waals surface area contributed by atoms with E-state index in [4.69, 9.17) is 14.5 Å². The summed E-state index contributed by atoms with van der Waals surface area (Å²) < 4.78 is 10.5. The van der Waals surface area contributed by atoms with E-state index < -0.39 is 6.10 Å². The van der Waals surface area contributed by atoms with Gasteiger partial charge in [0.2, 0.25) is 0 Å². The Bertz CT molecular complexity index is 590. The molecule has 1 atom stereocenters. The lowest BCUT2D eigenvalue weighted by Gasteiger charge is -2.28. The highest BCUT2D eigenvalue weighted by molar-refractivity contribution is 5.54. The number of ether oxygens (including phenoxy) is 1. The Kier molecular flexibility index (Phi) is 3.12. The second-order valence-corrected chi connectivity index (χ2v) is 4.20. The summed E-state index contributed by atoms with van der Waals surface area (Å²) in [4.78, 5) is 6.25. The molecule has 0 bridgehead atoms. The largest absolute Gasteiger partial charge is 0.360 e. The monoisotopic (exact) mass is 256 g/mol. The van der Waals surface area contributed by atoms with Gasteiger partial charge in [-0.3, -0.25) is 0 Å². The van der Waals surface area contributed by atoms with Gasteiger partial charge >= 0.3 is 0 Å². The van der Waals surface area contributed by atoms with Gasteiger partial charge in [0.1, 0.15) is 0 Å². The fourth-order valence-corrected chi connectivity index (χ4v) is 1.95. The summed E-state index contributed by atoms with van der Waals surface area (Å²) in [7, 11) is 0. The lowest BCUT2D eigenvalue weighted by Crippen LogP contribution is -2.42. The highest BCUT2D eigenvalue weighted by Gasteiger charge is 2.23. The molecule has 1 fully saturated rings. The number of aromatic nitrogens is 2. The molecule has 1 aliphatic heterocycles. The number of nitriles is 1. The normalized spacial score (nSPS) is 19.1. The van der Waals surface area contributed by atoms with E-state index >= 15 is 0 Å². The molecule has 96 valence electrons. The number of benzene rings is 1. The summed E-state index contributed by atoms with van der Waals surface area (Å²) >= 11 is 0. The van der Waals surface area contributed by atoms with Crippen molar-refractivity contribution in [2.24, 2.45) is 0 Å². The van der Waals surface area contributed by atoms with E-state index in [0.717, 1.165) is 5.56 Å². The summed E-state index contributed by atoms with van der Waals surface area (Å²) in [6.45, 7) is 1.61. The van der Waals surface area contributed by atoms with Crippen LogP contribution in [0.5, 0.6) is 0 Å². The van der Waals surface area contributed by atoms with Gasteiger partial charge in [0.05, 0.1) is 19.2 Å². The summed E-state index contributed by atoms with van der Waals surface area (Å²) in [6.07, 6.45) is -0.438. The third kappa shape index (κ3) is 2.41. The third-order valence-electron chi connectivity index (χ3n) is 2.93. The molecule has 2 aromatic rings. The smallest absolute Gasteiger partial charge is 0.266 e. The van der Waals surface area contributed by atoms with Gasteiger partial charge in [-0.05, 0) is 17.3 Å². The van der Waals surface area contributed by atoms with Gasteiger partial charge in [-0.1, -0.05) is 18.2 Å². The molecule has 19 heavy (non-hydrogen) atoms. The van der Waals surface area contributed by atoms with E-state index in [-0.39, 0.29) is 0 Å². The Morgan fingerprint density at radius 1 is 1.32 bits per heavy atom. The Balaban J connectivity index is 1.80. The van der Waals surface area contributed by atoms with Crippen LogP contribution in [0.2, 0.25) is 0 Å². The van der Waals surface area contributed by atoms with Crippen molar-refractivity contribution in [2.75, 3.05) is 24.6 Å². The molecule has 3 rings (SSSR count). The van der Waals surface area contributed by atoms with Crippen LogP contribution < -0.4 is 4.90 Å². The summed E-state index contributed by atoms with van der Waals surface area (Å²) in [5.74, 6) is 0.984. The third-order valence-corrected chi connectivity index (χ3v) is 2.93. The zero-order valence-corrected chi connectivity index (χ0v) is 10.2. The molecule has 1 unspecified atom stereocenters. The Morgan fingerprint density at radius 2 is 2.16 bits per heavy atom. The first kappa shape index (κ1) is 11.7. The van der Waals surface area contributed by atoms with E-state index in [1.54, 1.807) is 0 Å². The van der Waals surface area contributed by atoms with Gasteiger partial charge in [-0.15, -0.1) is 0 Å². The molecule has 2 heterocycles. The van der Waals surface area contributed by atoms with Crippen LogP contribution in [-0.4, -0.2) is 35.9 Å². The molecule has 1 aromatic heterocycles. The number of rotatable bonds is 2. The second kappa shape index (κ2) is 5.08. The Hall–Kier alpha value is -2.39. The lowest BCUT2D eigenvalue weighted by molar-refractivity contribution is 0.0756. The highest BCUT2D eigenvalue weighted by Crippen LogP contribution is 2.21. The zero-order chi connectivity index (χ0) is 13.1. The van der Waals surface area contributed by atoms with Gasteiger partial charge in [0.25, 0.3) is 11.8 Å². The van der Waals surface area contributed by atoms with E-state index in [1.807, 2.05) is 35.2 Å². The van der Waals surface area contributed by atoms with E-state index in [1.165, 1.54) is 0 Å². The Labute approximate surface area is 110 Å². The number of morpholine rings is 1. The van der Waals surface area contributed by atoms with Crippen molar-refractivity contribution in [1.82, 2.24) is 10.1 Å². The standard InChI is InChI=1S/C13H12N4O2/c14-8-11-9-17(6-7-18-11)13-15-12(19-16-13)10-4-2-1-3-5-10/h1-5,11H,6-7,9H2. The maximum absolute atomic E-state index is 8.87. The minimum absolute atomic E-state index is 0.438. The van der Waals surface area contributed by atoms with E-state index in [9.17, 15) is 0 Å². The fourth-order valence-electron chi connectivity index (χ4n) is 1.95. The maximum Gasteiger partial charge on any atom is 0.266 e. The molecule has 0 N–H and O–H groups in total. The van der Waals surface area contributed by atoms with Crippen molar-refractivity contribution in [3.05, 3.63) is 30.3 Å². The number of anilines is 1. The van der Waals surface area contributed by atoms with Crippen molar-refractivity contribution in [2.45, 2.75) is 6.10 Å². The van der Waals surface area contributed by atoms with Crippen LogP contribution in [0.25, 0.3) is 11.5 Å². The topological polar surface area (TPSA) is 75.2 Å². The molecule has 1 aliphatic rings. The number of nitrogens with zero attached hydrogens (tertiary/aromatic N) is 4. The summed E-state index contributed by atoms with van der Waals surface area (Å²) in [6, 6.07) is 11.7. The van der Waals surface area contributed by atoms with Gasteiger partial charge in [0, 0.05) is 12.1 Å². The Morgan fingerprint density at radius 3 is 2.95 bits per heavy atom. The first-order valence-corrected chi connectivity index (χ1v) is 6.02. The molecular formula is C13H12N4O2. The molecule has 1 saturated heterocycles. The molecule has 0 radical (unpaired) electrons. The molecule has 0 aliphatic carbocycles. The minimum atomic E-state index is -0.438. The first-order valence-electron chi connectivity index (χ1n) is 6.02. The van der Waals surface area contributed by atoms with Crippen molar-refractivity contribution in [3.63, 3.8) is 0 Å². The first-order chi connectivity index (χ1) is 9.36. The molecule has 0 amide bonds. The van der Waals surface area contributed by atoms with Gasteiger partial charge in [-0.25, -0.2) is 0 Å². The van der Waals surface area contributed by atoms with E-state index in [2.05, 4.69) is 16.2 Å². The molecule has 0 saturated carbocycles. The predicted molar refractivity (Wildman–Crippen MR) is 67.3 cm³/mol. The van der Waals surface area contributed by atoms with Gasteiger partial charge in [0.15, 0.2) is 6.10 Å². The van der Waals surface area contributed by atoms with E-state index in [0.29, 0.717) is 31.5 Å². The highest BCUT2D eigenvalue weighted by atomic mass is 16.5. The van der Waals surface area contributed by atoms with Crippen molar-refractivity contribution in [1.29, 1.82) is 5.26 Å². The zero-order valence-electron chi connectivity index (χ0n) is 10.2. The van der Waals surface area contributed by atoms with Crippen molar-refractivity contribution in [3.8, 4) is 17.5 Å². The SMILES string of the molecule is N#CC1CN(c2noc(-c3ccccc3)n2)CCO1. The minimum Gasteiger partial charge on any atom is -0.360 e. The molecule has 6 nitrogen and oxygen atoms in total. The van der Waals surface area contributed by atoms with Gasteiger partial charge < -0.3 is 14.2 Å². The van der Waals surface area contributed by atoms with Crippen LogP contribution in [0.3, 0.4) is 0 Å². The molecule has 1 aromatic carbocycles. The summed E-state index contributed by atoms with van der Waals surface area (Å²) in [5.41, 5.74) is 0.881. The lowest BCUT2D eigenvalue weighted by atomic mass is 10.2. The average molecular weight is 256 g/mol. The van der Waals surface area contributed by atoms with Crippen molar-refractivity contribution >= 4 is 5.95 Å². The predicted octanol–water partition coefficient (Wildman–Crippen LogP) is 1.47. The molecular weight excluding hydrogens is 244 g/mol. The van der Waals surface area contributed by atoms with Crippen LogP contribution in [0.1, 0.15) is 0 Å². The maximum atomic E-state index is 8.87. The number of hydrogen-bond acceptors (Lipinski definition) is 6. The van der Waals surface area contributed by atoms with Crippen molar-refractivity contribution < 1.29 is 9.26 Å². The van der Waals surface area contributed by atoms with Crippen LogP contribution >= 0.6 is 0 Å². The average Bonchev–Trinajstić information content (AvgIpc) is 2.98. The van der Waals surface area contributed by atoms with Crippen LogP contribution in [0, 0.1) is 11.3 Å². The second-order valence-electron chi connectivity index (χ2n) is 4.20.